The number of amides is 1. The van der Waals surface area contributed by atoms with Crippen LogP contribution in [-0.2, 0) is 4.79 Å². The highest BCUT2D eigenvalue weighted by atomic mass is 16.1. The second kappa shape index (κ2) is 2.94. The van der Waals surface area contributed by atoms with Crippen LogP contribution in [0, 0.1) is 0 Å². The lowest BCUT2D eigenvalue weighted by Gasteiger charge is -2.05. The maximum atomic E-state index is 11.4. The third kappa shape index (κ3) is 1.40. The van der Waals surface area contributed by atoms with Gasteiger partial charge in [0, 0.05) is 11.8 Å². The van der Waals surface area contributed by atoms with E-state index in [0.717, 1.165) is 11.4 Å². The van der Waals surface area contributed by atoms with Crippen molar-refractivity contribution in [3.8, 4) is 0 Å². The number of carbonyl (C=O) groups excluding carboxylic acids is 1. The number of hydrogen-bond donors (Lipinski definition) is 2. The van der Waals surface area contributed by atoms with Crippen LogP contribution in [0.1, 0.15) is 6.92 Å². The minimum Gasteiger partial charge on any atom is -0.360 e. The molecule has 0 saturated carbocycles. The normalized spacial score (nSPS) is 14.8. The van der Waals surface area contributed by atoms with Crippen LogP contribution >= 0.6 is 0 Å². The van der Waals surface area contributed by atoms with Crippen molar-refractivity contribution in [2.45, 2.75) is 6.92 Å². The van der Waals surface area contributed by atoms with Gasteiger partial charge in [0.15, 0.2) is 0 Å². The van der Waals surface area contributed by atoms with Gasteiger partial charge in [-0.05, 0) is 19.1 Å². The van der Waals surface area contributed by atoms with E-state index in [4.69, 9.17) is 0 Å². The van der Waals surface area contributed by atoms with Crippen LogP contribution in [-0.4, -0.2) is 5.91 Å². The lowest BCUT2D eigenvalue weighted by Crippen LogP contribution is -2.10. The Morgan fingerprint density at radius 1 is 1.15 bits per heavy atom. The molecule has 1 aliphatic heterocycles. The van der Waals surface area contributed by atoms with Gasteiger partial charge in [-0.25, -0.2) is 0 Å². The number of hydrogen-bond acceptors (Lipinski definition) is 2. The Morgan fingerprint density at radius 2 is 1.85 bits per heavy atom. The number of carbonyl (C=O) groups is 1. The minimum absolute atomic E-state index is 0.0579. The third-order valence-electron chi connectivity index (χ3n) is 1.98. The van der Waals surface area contributed by atoms with Gasteiger partial charge < -0.3 is 10.6 Å². The van der Waals surface area contributed by atoms with Gasteiger partial charge in [0.2, 0.25) is 0 Å². The van der Waals surface area contributed by atoms with E-state index in [1.165, 1.54) is 0 Å². The molecule has 0 atom stereocenters. The topological polar surface area (TPSA) is 41.1 Å². The summed E-state index contributed by atoms with van der Waals surface area (Å²) in [5.41, 5.74) is 2.42. The summed E-state index contributed by atoms with van der Waals surface area (Å²) in [7, 11) is 0. The van der Waals surface area contributed by atoms with Crippen LogP contribution in [0.4, 0.5) is 11.4 Å². The van der Waals surface area contributed by atoms with Crippen molar-refractivity contribution in [3.63, 3.8) is 0 Å². The highest BCUT2D eigenvalue weighted by Crippen LogP contribution is 2.23. The number of anilines is 2. The Bertz CT molecular complexity index is 382. The van der Waals surface area contributed by atoms with Crippen molar-refractivity contribution in [1.29, 1.82) is 0 Å². The smallest absolute Gasteiger partial charge is 0.252 e. The Morgan fingerprint density at radius 3 is 2.62 bits per heavy atom. The summed E-state index contributed by atoms with van der Waals surface area (Å²) in [4.78, 5) is 11.4. The van der Waals surface area contributed by atoms with Crippen LogP contribution in [0.25, 0.3) is 0 Å². The molecule has 1 heterocycles. The number of rotatable bonds is 0. The van der Waals surface area contributed by atoms with E-state index in [0.29, 0.717) is 5.57 Å². The fraction of sp³-hybridized carbons (Fsp3) is 0.100. The first kappa shape index (κ1) is 7.86. The fourth-order valence-electron chi connectivity index (χ4n) is 1.19. The monoisotopic (exact) mass is 174 g/mol. The van der Waals surface area contributed by atoms with Crippen molar-refractivity contribution in [2.24, 2.45) is 0 Å². The maximum Gasteiger partial charge on any atom is 0.252 e. The molecule has 2 N–H and O–H groups in total. The Kier molecular flexibility index (Phi) is 1.77. The van der Waals surface area contributed by atoms with Gasteiger partial charge in [-0.2, -0.15) is 0 Å². The highest BCUT2D eigenvalue weighted by molar-refractivity contribution is 6.06. The second-order valence-electron chi connectivity index (χ2n) is 2.97. The molecular formula is C10H10N2O. The summed E-state index contributed by atoms with van der Waals surface area (Å²) in [6, 6.07) is 7.60. The minimum atomic E-state index is -0.0579. The van der Waals surface area contributed by atoms with E-state index in [-0.39, 0.29) is 5.91 Å². The van der Waals surface area contributed by atoms with Gasteiger partial charge in [0.1, 0.15) is 0 Å². The third-order valence-corrected chi connectivity index (χ3v) is 1.98. The molecule has 0 aromatic heterocycles. The predicted molar refractivity (Wildman–Crippen MR) is 52.5 cm³/mol. The van der Waals surface area contributed by atoms with Gasteiger partial charge in [0.25, 0.3) is 5.91 Å². The molecule has 1 amide bonds. The average molecular weight is 174 g/mol. The molecule has 3 heteroatoms. The molecule has 0 aliphatic carbocycles. The Labute approximate surface area is 76.5 Å². The Hall–Kier alpha value is -1.77. The van der Waals surface area contributed by atoms with E-state index in [1.54, 1.807) is 13.1 Å². The number of benzene rings is 1. The maximum absolute atomic E-state index is 11.4. The summed E-state index contributed by atoms with van der Waals surface area (Å²) in [5, 5.41) is 5.86. The van der Waals surface area contributed by atoms with Crippen molar-refractivity contribution < 1.29 is 4.79 Å². The quantitative estimate of drug-likeness (QED) is 0.631. The largest absolute Gasteiger partial charge is 0.360 e. The molecule has 0 unspecified atom stereocenters. The second-order valence-corrected chi connectivity index (χ2v) is 2.97. The standard InChI is InChI=1S/C10H10N2O/c1-7-6-11-8-4-2-3-5-9(8)12-10(7)13/h2-6,11H,1H3,(H,12,13). The lowest BCUT2D eigenvalue weighted by molar-refractivity contribution is -0.112. The van der Waals surface area contributed by atoms with Crippen molar-refractivity contribution in [1.82, 2.24) is 0 Å². The van der Waals surface area contributed by atoms with Crippen molar-refractivity contribution in [2.75, 3.05) is 10.6 Å². The molecule has 1 aromatic carbocycles. The zero-order valence-corrected chi connectivity index (χ0v) is 7.29. The van der Waals surface area contributed by atoms with E-state index in [9.17, 15) is 4.79 Å². The van der Waals surface area contributed by atoms with Gasteiger partial charge >= 0.3 is 0 Å². The first-order chi connectivity index (χ1) is 6.27. The summed E-state index contributed by atoms with van der Waals surface area (Å²) < 4.78 is 0. The summed E-state index contributed by atoms with van der Waals surface area (Å²) in [5.74, 6) is -0.0579. The first-order valence-corrected chi connectivity index (χ1v) is 4.11. The van der Waals surface area contributed by atoms with E-state index in [2.05, 4.69) is 10.6 Å². The van der Waals surface area contributed by atoms with Crippen LogP contribution in [0.3, 0.4) is 0 Å². The number of para-hydroxylation sites is 2. The van der Waals surface area contributed by atoms with E-state index >= 15 is 0 Å². The number of nitrogens with one attached hydrogen (secondary N) is 2. The van der Waals surface area contributed by atoms with Gasteiger partial charge in [0.05, 0.1) is 11.4 Å². The zero-order chi connectivity index (χ0) is 9.26. The molecule has 13 heavy (non-hydrogen) atoms. The molecule has 66 valence electrons. The highest BCUT2D eigenvalue weighted by Gasteiger charge is 2.10. The summed E-state index contributed by atoms with van der Waals surface area (Å²) in [6.07, 6.45) is 1.71. The van der Waals surface area contributed by atoms with Crippen LogP contribution < -0.4 is 10.6 Å². The molecule has 1 aromatic rings. The summed E-state index contributed by atoms with van der Waals surface area (Å²) >= 11 is 0. The average Bonchev–Trinajstić information content (AvgIpc) is 2.28. The Balaban J connectivity index is 2.44. The molecule has 0 bridgehead atoms. The predicted octanol–water partition coefficient (Wildman–Crippen LogP) is 1.95. The molecule has 0 spiro atoms. The molecular weight excluding hydrogens is 164 g/mol. The molecule has 0 radical (unpaired) electrons. The number of fused-ring (bicyclic) bond motifs is 1. The van der Waals surface area contributed by atoms with Crippen LogP contribution in [0.15, 0.2) is 36.0 Å². The molecule has 0 saturated heterocycles. The fourth-order valence-corrected chi connectivity index (χ4v) is 1.19. The van der Waals surface area contributed by atoms with Crippen molar-refractivity contribution in [3.05, 3.63) is 36.0 Å². The summed E-state index contributed by atoms with van der Waals surface area (Å²) in [6.45, 7) is 1.77. The van der Waals surface area contributed by atoms with Crippen LogP contribution in [0.5, 0.6) is 0 Å². The lowest BCUT2D eigenvalue weighted by atomic mass is 10.2. The molecule has 0 fully saturated rings. The van der Waals surface area contributed by atoms with Gasteiger partial charge in [-0.3, -0.25) is 4.79 Å². The van der Waals surface area contributed by atoms with Gasteiger partial charge in [-0.15, -0.1) is 0 Å². The van der Waals surface area contributed by atoms with E-state index in [1.807, 2.05) is 24.3 Å². The van der Waals surface area contributed by atoms with Gasteiger partial charge in [-0.1, -0.05) is 12.1 Å². The SMILES string of the molecule is CC1=CNc2ccccc2NC1=O. The van der Waals surface area contributed by atoms with Crippen LogP contribution in [0.2, 0.25) is 0 Å². The van der Waals surface area contributed by atoms with E-state index < -0.39 is 0 Å². The first-order valence-electron chi connectivity index (χ1n) is 4.11. The zero-order valence-electron chi connectivity index (χ0n) is 7.29. The molecule has 3 nitrogen and oxygen atoms in total. The molecule has 1 aliphatic rings. The molecule has 2 rings (SSSR count). The van der Waals surface area contributed by atoms with Crippen molar-refractivity contribution >= 4 is 17.3 Å².